The zero-order valence-corrected chi connectivity index (χ0v) is 6.98. The van der Waals surface area contributed by atoms with E-state index in [1.165, 1.54) is 0 Å². The summed E-state index contributed by atoms with van der Waals surface area (Å²) < 4.78 is 23.2. The van der Waals surface area contributed by atoms with Crippen LogP contribution in [-0.2, 0) is 19.5 Å². The summed E-state index contributed by atoms with van der Waals surface area (Å²) in [4.78, 5) is 0. The van der Waals surface area contributed by atoms with Gasteiger partial charge in [0, 0.05) is 0 Å². The Bertz CT molecular complexity index is 207. The summed E-state index contributed by atoms with van der Waals surface area (Å²) in [7, 11) is 0. The van der Waals surface area contributed by atoms with Crippen molar-refractivity contribution < 1.29 is 32.6 Å². The summed E-state index contributed by atoms with van der Waals surface area (Å²) in [6, 6.07) is 8.71. The van der Waals surface area contributed by atoms with Crippen molar-refractivity contribution in [2.75, 3.05) is 0 Å². The van der Waals surface area contributed by atoms with Gasteiger partial charge in [-0.15, -0.1) is 0 Å². The molecule has 1 rings (SSSR count). The number of benzene rings is 1. The van der Waals surface area contributed by atoms with Crippen molar-refractivity contribution in [1.29, 1.82) is 0 Å². The third-order valence-electron chi connectivity index (χ3n) is 0.756. The normalized spacial score (nSPS) is 7.82. The Labute approximate surface area is 69.2 Å². The van der Waals surface area contributed by atoms with Crippen LogP contribution in [0.25, 0.3) is 0 Å². The maximum atomic E-state index is 8.78. The van der Waals surface area contributed by atoms with Gasteiger partial charge in [-0.05, 0) is 12.1 Å². The summed E-state index contributed by atoms with van der Waals surface area (Å²) in [6.45, 7) is 0. The van der Waals surface area contributed by atoms with E-state index in [4.69, 9.17) is 16.8 Å². The van der Waals surface area contributed by atoms with E-state index in [9.17, 15) is 0 Å². The van der Waals surface area contributed by atoms with E-state index in [1.54, 1.807) is 24.3 Å². The molecular weight excluding hydrogens is 187 g/mol. The van der Waals surface area contributed by atoms with E-state index < -0.39 is 15.8 Å². The number of rotatable bonds is 0. The summed E-state index contributed by atoms with van der Waals surface area (Å²) in [5.41, 5.74) is 0. The van der Waals surface area contributed by atoms with Gasteiger partial charge in [0.05, 0.1) is 0 Å². The second-order valence-corrected chi connectivity index (χ2v) is 2.38. The molecule has 0 bridgehead atoms. The molecule has 11 heavy (non-hydrogen) atoms. The van der Waals surface area contributed by atoms with Crippen LogP contribution in [0, 0.1) is 0 Å². The fourth-order valence-corrected chi connectivity index (χ4v) is 0.428. The molecule has 0 spiro atoms. The summed E-state index contributed by atoms with van der Waals surface area (Å²) in [6.07, 6.45) is 0. The Hall–Kier alpha value is -0.676. The molecule has 61 valence electrons. The Morgan fingerprint density at radius 2 is 1.45 bits per heavy atom. The standard InChI is InChI=1S/C6H6O.2H2O.O.V/c7-6-4-2-1-3-5-6;;;;/h1-5,7H;2*1H2;;/q;;;;+2/p-2. The van der Waals surface area contributed by atoms with Gasteiger partial charge in [0.15, 0.2) is 0 Å². The van der Waals surface area contributed by atoms with Gasteiger partial charge in [-0.3, -0.25) is 0 Å². The molecule has 1 aromatic rings. The van der Waals surface area contributed by atoms with Gasteiger partial charge in [-0.25, -0.2) is 0 Å². The molecule has 0 unspecified atom stereocenters. The van der Waals surface area contributed by atoms with Crippen molar-refractivity contribution >= 4 is 0 Å². The number of aromatic hydroxyl groups is 1. The molecule has 0 amide bonds. The van der Waals surface area contributed by atoms with Crippen molar-refractivity contribution in [1.82, 2.24) is 0 Å². The molecule has 0 heterocycles. The Balaban J connectivity index is 0.000000218. The quantitative estimate of drug-likeness (QED) is 0.550. The van der Waals surface area contributed by atoms with Crippen LogP contribution >= 0.6 is 0 Å². The van der Waals surface area contributed by atoms with Crippen molar-refractivity contribution in [3.63, 3.8) is 0 Å². The second-order valence-electron chi connectivity index (χ2n) is 1.59. The van der Waals surface area contributed by atoms with Gasteiger partial charge in [0.2, 0.25) is 0 Å². The third kappa shape index (κ3) is 9.32. The van der Waals surface area contributed by atoms with Gasteiger partial charge in [-0.1, -0.05) is 18.2 Å². The van der Waals surface area contributed by atoms with Crippen LogP contribution in [0.4, 0.5) is 0 Å². The van der Waals surface area contributed by atoms with Gasteiger partial charge < -0.3 is 5.11 Å². The average molecular weight is 195 g/mol. The van der Waals surface area contributed by atoms with Crippen LogP contribution in [-0.4, -0.2) is 13.2 Å². The number of para-hydroxylation sites is 1. The van der Waals surface area contributed by atoms with Crippen LogP contribution in [0.5, 0.6) is 5.75 Å². The molecule has 0 saturated carbocycles. The Kier molecular flexibility index (Phi) is 5.69. The molecular formula is C6H8O4V. The number of hydrogen-bond acceptors (Lipinski definition) is 2. The van der Waals surface area contributed by atoms with Crippen LogP contribution in [0.2, 0.25) is 0 Å². The van der Waals surface area contributed by atoms with Gasteiger partial charge in [0.25, 0.3) is 0 Å². The van der Waals surface area contributed by atoms with E-state index in [0.29, 0.717) is 5.75 Å². The average Bonchev–Trinajstić information content (AvgIpc) is 1.87. The van der Waals surface area contributed by atoms with E-state index in [0.717, 1.165) is 0 Å². The fourth-order valence-electron chi connectivity index (χ4n) is 0.428. The number of phenols is 1. The van der Waals surface area contributed by atoms with Crippen molar-refractivity contribution in [2.45, 2.75) is 0 Å². The predicted octanol–water partition coefficient (Wildman–Crippen LogP) is 0.157. The molecule has 0 radical (unpaired) electrons. The SMILES string of the molecule is Oc1ccccc1.[O]=[V]([OH])[OH]. The molecule has 0 atom stereocenters. The van der Waals surface area contributed by atoms with E-state index in [2.05, 4.69) is 0 Å². The van der Waals surface area contributed by atoms with Gasteiger partial charge in [-0.2, -0.15) is 0 Å². The first-order valence-electron chi connectivity index (χ1n) is 2.72. The van der Waals surface area contributed by atoms with Crippen LogP contribution in [0.15, 0.2) is 30.3 Å². The number of phenolic OH excluding ortho intramolecular Hbond substituents is 1. The van der Waals surface area contributed by atoms with Crippen molar-refractivity contribution in [2.24, 2.45) is 0 Å². The second kappa shape index (κ2) is 6.06. The molecule has 5 heteroatoms. The minimum atomic E-state index is -3.44. The zero-order valence-electron chi connectivity index (χ0n) is 5.58. The summed E-state index contributed by atoms with van der Waals surface area (Å²) >= 11 is -3.44. The molecule has 1 aromatic carbocycles. The molecule has 0 aromatic heterocycles. The first kappa shape index (κ1) is 10.3. The molecule has 0 aliphatic rings. The molecule has 0 fully saturated rings. The predicted molar refractivity (Wildman–Crippen MR) is 33.2 cm³/mol. The first-order valence-corrected chi connectivity index (χ1v) is 4.54. The first-order chi connectivity index (χ1) is 5.13. The van der Waals surface area contributed by atoms with E-state index in [1.807, 2.05) is 6.07 Å². The maximum absolute atomic E-state index is 8.78. The monoisotopic (exact) mass is 195 g/mol. The van der Waals surface area contributed by atoms with Crippen molar-refractivity contribution in [3.05, 3.63) is 30.3 Å². The molecule has 0 aliphatic carbocycles. The summed E-state index contributed by atoms with van der Waals surface area (Å²) in [5.74, 6) is 0.322. The molecule has 0 aliphatic heterocycles. The van der Waals surface area contributed by atoms with E-state index in [-0.39, 0.29) is 0 Å². The van der Waals surface area contributed by atoms with Crippen LogP contribution in [0.1, 0.15) is 0 Å². The fraction of sp³-hybridized carbons (Fsp3) is 0. The van der Waals surface area contributed by atoms with Crippen LogP contribution in [0.3, 0.4) is 0 Å². The van der Waals surface area contributed by atoms with E-state index >= 15 is 0 Å². The zero-order chi connectivity index (χ0) is 8.69. The Morgan fingerprint density at radius 1 is 1.09 bits per heavy atom. The van der Waals surface area contributed by atoms with Gasteiger partial charge in [0.1, 0.15) is 5.75 Å². The van der Waals surface area contributed by atoms with Crippen molar-refractivity contribution in [3.8, 4) is 5.75 Å². The third-order valence-corrected chi connectivity index (χ3v) is 0.756. The Morgan fingerprint density at radius 3 is 1.64 bits per heavy atom. The molecule has 3 N–H and O–H groups in total. The topological polar surface area (TPSA) is 77.8 Å². The molecule has 0 saturated heterocycles. The summed E-state index contributed by atoms with van der Waals surface area (Å²) in [5, 5.41) is 8.63. The number of hydrogen-bond donors (Lipinski definition) is 3. The minimum absolute atomic E-state index is 0.322. The van der Waals surface area contributed by atoms with Gasteiger partial charge >= 0.3 is 27.5 Å². The molecule has 4 nitrogen and oxygen atoms in total. The van der Waals surface area contributed by atoms with Crippen LogP contribution < -0.4 is 0 Å².